The van der Waals surface area contributed by atoms with Crippen LogP contribution in [-0.2, 0) is 5.41 Å². The zero-order valence-electron chi connectivity index (χ0n) is 32.2. The van der Waals surface area contributed by atoms with E-state index in [1.165, 1.54) is 38.6 Å². The van der Waals surface area contributed by atoms with Gasteiger partial charge in [-0.3, -0.25) is 0 Å². The van der Waals surface area contributed by atoms with Crippen molar-refractivity contribution in [3.63, 3.8) is 0 Å². The summed E-state index contributed by atoms with van der Waals surface area (Å²) in [7, 11) is 0. The molecule has 0 N–H and O–H groups in total. The monoisotopic (exact) mass is 743 g/mol. The van der Waals surface area contributed by atoms with Crippen molar-refractivity contribution in [2.75, 3.05) is 4.90 Å². The summed E-state index contributed by atoms with van der Waals surface area (Å²) in [5, 5.41) is 6.93. The molecule has 1 aliphatic rings. The minimum Gasteiger partial charge on any atom is -0.456 e. The van der Waals surface area contributed by atoms with E-state index in [9.17, 15) is 0 Å². The average Bonchev–Trinajstić information content (AvgIpc) is 3.91. The number of furan rings is 2. The summed E-state index contributed by atoms with van der Waals surface area (Å²) in [6.07, 6.45) is 0. The summed E-state index contributed by atoms with van der Waals surface area (Å²) >= 11 is 0. The van der Waals surface area contributed by atoms with Gasteiger partial charge in [0.15, 0.2) is 0 Å². The highest BCUT2D eigenvalue weighted by Gasteiger charge is 2.35. The molecule has 2 heterocycles. The fraction of sp³-hybridized carbons (Fsp3) is 0.0545. The Kier molecular flexibility index (Phi) is 6.98. The van der Waals surface area contributed by atoms with Gasteiger partial charge < -0.3 is 13.7 Å². The molecule has 12 rings (SSSR count). The summed E-state index contributed by atoms with van der Waals surface area (Å²) in [4.78, 5) is 2.37. The van der Waals surface area contributed by atoms with Crippen LogP contribution in [0.3, 0.4) is 0 Å². The standard InChI is InChI=1S/C55H37NO2/c1-55(2)47-16-8-5-13-42(47)43-27-25-39(32-48(43)55)56(40-26-28-45-44-14-6-9-17-49(44)58-52(45)33-40)38-23-21-35(22-24-38)41-29-30-51-54(46-15-7-10-18-50(46)57-51)53(41)37-20-19-34-11-3-4-12-36(34)31-37/h3-33H,1-2H3. The van der Waals surface area contributed by atoms with Crippen LogP contribution in [0.25, 0.3) is 88.0 Å². The first-order chi connectivity index (χ1) is 28.5. The summed E-state index contributed by atoms with van der Waals surface area (Å²) in [5.74, 6) is 0. The van der Waals surface area contributed by atoms with Crippen molar-refractivity contribution < 1.29 is 8.83 Å². The Bertz CT molecular complexity index is 3440. The van der Waals surface area contributed by atoms with Gasteiger partial charge in [0.1, 0.15) is 22.3 Å². The van der Waals surface area contributed by atoms with E-state index in [2.05, 4.69) is 189 Å². The molecule has 0 unspecified atom stereocenters. The molecule has 0 bridgehead atoms. The average molecular weight is 744 g/mol. The van der Waals surface area contributed by atoms with Gasteiger partial charge in [-0.05, 0) is 110 Å². The van der Waals surface area contributed by atoms with Crippen LogP contribution in [0.15, 0.2) is 197 Å². The lowest BCUT2D eigenvalue weighted by Crippen LogP contribution is -2.16. The van der Waals surface area contributed by atoms with Crippen LogP contribution in [0.1, 0.15) is 25.0 Å². The SMILES string of the molecule is CC1(C)c2ccccc2-c2ccc(N(c3ccc(-c4ccc5oc6ccccc6c5c4-c4ccc5ccccc5c4)cc3)c3ccc4c(c3)oc3ccccc34)cc21. The number of anilines is 3. The van der Waals surface area contributed by atoms with Crippen LogP contribution < -0.4 is 4.90 Å². The second-order valence-electron chi connectivity index (χ2n) is 16.1. The van der Waals surface area contributed by atoms with Crippen LogP contribution >= 0.6 is 0 Å². The Morgan fingerprint density at radius 2 is 0.983 bits per heavy atom. The van der Waals surface area contributed by atoms with Crippen LogP contribution in [0, 0.1) is 0 Å². The Morgan fingerprint density at radius 3 is 1.84 bits per heavy atom. The van der Waals surface area contributed by atoms with Crippen LogP contribution in [0.2, 0.25) is 0 Å². The van der Waals surface area contributed by atoms with E-state index in [4.69, 9.17) is 8.83 Å². The van der Waals surface area contributed by atoms with E-state index in [0.717, 1.165) is 77.6 Å². The van der Waals surface area contributed by atoms with E-state index in [-0.39, 0.29) is 5.41 Å². The summed E-state index contributed by atoms with van der Waals surface area (Å²) < 4.78 is 12.9. The molecule has 0 saturated carbocycles. The van der Waals surface area contributed by atoms with Crippen LogP contribution in [0.4, 0.5) is 17.1 Å². The Hall–Kier alpha value is -7.36. The lowest BCUT2D eigenvalue weighted by molar-refractivity contribution is 0.660. The Labute approximate surface area is 336 Å². The molecule has 58 heavy (non-hydrogen) atoms. The topological polar surface area (TPSA) is 29.5 Å². The van der Waals surface area contributed by atoms with Gasteiger partial charge in [-0.15, -0.1) is 0 Å². The zero-order chi connectivity index (χ0) is 38.5. The largest absolute Gasteiger partial charge is 0.456 e. The predicted molar refractivity (Wildman–Crippen MR) is 242 cm³/mol. The molecule has 0 atom stereocenters. The Balaban J connectivity index is 1.04. The van der Waals surface area contributed by atoms with Gasteiger partial charge in [0.25, 0.3) is 0 Å². The van der Waals surface area contributed by atoms with Gasteiger partial charge in [-0.1, -0.05) is 135 Å². The molecule has 0 radical (unpaired) electrons. The Morgan fingerprint density at radius 1 is 0.379 bits per heavy atom. The molecule has 274 valence electrons. The van der Waals surface area contributed by atoms with Crippen LogP contribution in [0.5, 0.6) is 0 Å². The molecule has 0 fully saturated rings. The van der Waals surface area contributed by atoms with Crippen molar-refractivity contribution in [3.8, 4) is 33.4 Å². The molecule has 3 heteroatoms. The van der Waals surface area contributed by atoms with Crippen molar-refractivity contribution >= 4 is 71.7 Å². The third kappa shape index (κ3) is 4.86. The first-order valence-electron chi connectivity index (χ1n) is 20.0. The number of fused-ring (bicyclic) bond motifs is 10. The van der Waals surface area contributed by atoms with Crippen molar-refractivity contribution in [1.82, 2.24) is 0 Å². The van der Waals surface area contributed by atoms with E-state index in [0.29, 0.717) is 0 Å². The van der Waals surface area contributed by atoms with Gasteiger partial charge in [0, 0.05) is 55.7 Å². The van der Waals surface area contributed by atoms with Gasteiger partial charge in [0.05, 0.1) is 0 Å². The molecule has 0 amide bonds. The maximum Gasteiger partial charge on any atom is 0.137 e. The van der Waals surface area contributed by atoms with Gasteiger partial charge in [0.2, 0.25) is 0 Å². The van der Waals surface area contributed by atoms with Crippen molar-refractivity contribution in [1.29, 1.82) is 0 Å². The predicted octanol–water partition coefficient (Wildman–Crippen LogP) is 15.7. The van der Waals surface area contributed by atoms with E-state index < -0.39 is 0 Å². The molecule has 0 saturated heterocycles. The fourth-order valence-corrected chi connectivity index (χ4v) is 9.62. The summed E-state index contributed by atoms with van der Waals surface area (Å²) in [6, 6.07) is 67.8. The summed E-state index contributed by atoms with van der Waals surface area (Å²) in [6.45, 7) is 4.68. The third-order valence-corrected chi connectivity index (χ3v) is 12.5. The maximum absolute atomic E-state index is 6.45. The molecule has 9 aromatic carbocycles. The molecule has 11 aromatic rings. The van der Waals surface area contributed by atoms with Gasteiger partial charge in [-0.2, -0.15) is 0 Å². The smallest absolute Gasteiger partial charge is 0.137 e. The number of rotatable bonds is 5. The number of nitrogens with zero attached hydrogens (tertiary/aromatic N) is 1. The first-order valence-corrected chi connectivity index (χ1v) is 20.0. The number of para-hydroxylation sites is 2. The molecule has 2 aromatic heterocycles. The number of hydrogen-bond acceptors (Lipinski definition) is 3. The number of benzene rings is 9. The first kappa shape index (κ1) is 32.8. The fourth-order valence-electron chi connectivity index (χ4n) is 9.62. The lowest BCUT2D eigenvalue weighted by atomic mass is 9.82. The van der Waals surface area contributed by atoms with E-state index >= 15 is 0 Å². The van der Waals surface area contributed by atoms with Gasteiger partial charge >= 0.3 is 0 Å². The van der Waals surface area contributed by atoms with Crippen molar-refractivity contribution in [2.24, 2.45) is 0 Å². The highest BCUT2D eigenvalue weighted by molar-refractivity contribution is 6.16. The zero-order valence-corrected chi connectivity index (χ0v) is 32.2. The van der Waals surface area contributed by atoms with Crippen molar-refractivity contribution in [3.05, 3.63) is 199 Å². The quantitative estimate of drug-likeness (QED) is 0.176. The maximum atomic E-state index is 6.45. The minimum atomic E-state index is -0.130. The summed E-state index contributed by atoms with van der Waals surface area (Å²) in [5.41, 5.74) is 16.6. The van der Waals surface area contributed by atoms with E-state index in [1.807, 2.05) is 18.2 Å². The lowest BCUT2D eigenvalue weighted by Gasteiger charge is -2.28. The normalized spacial score (nSPS) is 13.1. The molecule has 3 nitrogen and oxygen atoms in total. The van der Waals surface area contributed by atoms with Crippen LogP contribution in [-0.4, -0.2) is 0 Å². The second-order valence-corrected chi connectivity index (χ2v) is 16.1. The molecule has 0 spiro atoms. The minimum absolute atomic E-state index is 0.130. The van der Waals surface area contributed by atoms with Crippen molar-refractivity contribution in [2.45, 2.75) is 19.3 Å². The highest BCUT2D eigenvalue weighted by Crippen LogP contribution is 2.51. The molecular formula is C55H37NO2. The molecular weight excluding hydrogens is 707 g/mol. The molecule has 0 aliphatic heterocycles. The number of hydrogen-bond donors (Lipinski definition) is 0. The molecule has 1 aliphatic carbocycles. The third-order valence-electron chi connectivity index (χ3n) is 12.5. The van der Waals surface area contributed by atoms with E-state index in [1.54, 1.807) is 0 Å². The second kappa shape index (κ2) is 12.3. The highest BCUT2D eigenvalue weighted by atomic mass is 16.3. The van der Waals surface area contributed by atoms with Gasteiger partial charge in [-0.25, -0.2) is 0 Å².